The average molecular weight is 429 g/mol. The molecule has 3 rings (SSSR count). The smallest absolute Gasteiger partial charge is 0.152 e. The molecular formula is C28H28O4. The number of ketones is 4. The Morgan fingerprint density at radius 3 is 1.12 bits per heavy atom. The van der Waals surface area contributed by atoms with Crippen molar-refractivity contribution in [2.24, 2.45) is 11.8 Å². The summed E-state index contributed by atoms with van der Waals surface area (Å²) in [5, 5.41) is 0. The van der Waals surface area contributed by atoms with Crippen molar-refractivity contribution < 1.29 is 19.2 Å². The molecule has 4 heteroatoms. The maximum Gasteiger partial charge on any atom is 0.152 e. The monoisotopic (exact) mass is 428 g/mol. The summed E-state index contributed by atoms with van der Waals surface area (Å²) >= 11 is 0. The van der Waals surface area contributed by atoms with Gasteiger partial charge in [0.05, 0.1) is 0 Å². The van der Waals surface area contributed by atoms with Crippen molar-refractivity contribution in [2.45, 2.75) is 39.5 Å². The maximum absolute atomic E-state index is 12.6. The Balaban J connectivity index is 1.91. The normalized spacial score (nSPS) is 22.6. The third-order valence-corrected chi connectivity index (χ3v) is 6.15. The Bertz CT molecular complexity index is 990. The van der Waals surface area contributed by atoms with Crippen LogP contribution in [-0.2, 0) is 19.2 Å². The Kier molecular flexibility index (Phi) is 7.14. The fourth-order valence-corrected chi connectivity index (χ4v) is 4.67. The largest absolute Gasteiger partial charge is 0.300 e. The van der Waals surface area contributed by atoms with Gasteiger partial charge in [-0.3, -0.25) is 19.2 Å². The van der Waals surface area contributed by atoms with Gasteiger partial charge >= 0.3 is 0 Å². The molecule has 1 fully saturated rings. The summed E-state index contributed by atoms with van der Waals surface area (Å²) in [5.74, 6) is -0.797. The molecule has 0 bridgehead atoms. The summed E-state index contributed by atoms with van der Waals surface area (Å²) in [5.41, 5.74) is 3.71. The molecule has 0 aromatic heterocycles. The van der Waals surface area contributed by atoms with Crippen LogP contribution in [0.5, 0.6) is 0 Å². The molecule has 0 N–H and O–H groups in total. The molecule has 32 heavy (non-hydrogen) atoms. The van der Waals surface area contributed by atoms with Gasteiger partial charge in [0.25, 0.3) is 0 Å². The Morgan fingerprint density at radius 2 is 0.875 bits per heavy atom. The van der Waals surface area contributed by atoms with E-state index in [1.807, 2.05) is 48.5 Å². The number of hydrogen-bond donors (Lipinski definition) is 0. The van der Waals surface area contributed by atoms with Crippen LogP contribution in [0, 0.1) is 11.8 Å². The van der Waals surface area contributed by atoms with Crippen LogP contribution in [0.3, 0.4) is 0 Å². The van der Waals surface area contributed by atoms with Crippen molar-refractivity contribution in [1.29, 1.82) is 0 Å². The highest BCUT2D eigenvalue weighted by Gasteiger charge is 2.55. The second-order valence-electron chi connectivity index (χ2n) is 8.55. The maximum atomic E-state index is 12.6. The number of allylic oxidation sites excluding steroid dienone is 2. The fraction of sp³-hybridized carbons (Fsp3) is 0.286. The minimum atomic E-state index is -0.277. The minimum Gasteiger partial charge on any atom is -0.300 e. The molecule has 4 nitrogen and oxygen atoms in total. The lowest BCUT2D eigenvalue weighted by Gasteiger charge is -2.50. The number of Topliss-reactive ketones (excluding diaryl/α,β-unsaturated/α-hetero) is 2. The van der Waals surface area contributed by atoms with Crippen LogP contribution in [0.25, 0.3) is 12.2 Å². The molecule has 2 aromatic rings. The molecular weight excluding hydrogens is 400 g/mol. The summed E-state index contributed by atoms with van der Waals surface area (Å²) in [6.45, 7) is 6.19. The molecule has 0 heterocycles. The first-order valence-corrected chi connectivity index (χ1v) is 10.8. The Hall–Kier alpha value is -3.40. The van der Waals surface area contributed by atoms with Crippen molar-refractivity contribution in [1.82, 2.24) is 0 Å². The van der Waals surface area contributed by atoms with Crippen molar-refractivity contribution in [3.63, 3.8) is 0 Å². The van der Waals surface area contributed by atoms with Crippen LogP contribution >= 0.6 is 0 Å². The third-order valence-electron chi connectivity index (χ3n) is 6.15. The van der Waals surface area contributed by atoms with Crippen LogP contribution in [0.4, 0.5) is 0 Å². The fourth-order valence-electron chi connectivity index (χ4n) is 4.67. The van der Waals surface area contributed by atoms with Crippen molar-refractivity contribution >= 4 is 35.3 Å². The van der Waals surface area contributed by atoms with Crippen LogP contribution in [-0.4, -0.2) is 23.1 Å². The molecule has 164 valence electrons. The molecule has 0 atom stereocenters. The summed E-state index contributed by atoms with van der Waals surface area (Å²) in [6, 6.07) is 15.4. The molecule has 0 spiro atoms. The van der Waals surface area contributed by atoms with Gasteiger partial charge in [-0.15, -0.1) is 0 Å². The topological polar surface area (TPSA) is 68.3 Å². The predicted octanol–water partition coefficient (Wildman–Crippen LogP) is 5.18. The first kappa shape index (κ1) is 23.3. The molecule has 0 saturated heterocycles. The SMILES string of the molecule is CC(=O)/C=C/c1ccc(C2C(C(C)=O)C(c3ccc(/C=C/C(C)=O)cc3)C2C(C)=O)cc1. The Morgan fingerprint density at radius 1 is 0.562 bits per heavy atom. The van der Waals surface area contributed by atoms with Gasteiger partial charge in [0.15, 0.2) is 11.6 Å². The van der Waals surface area contributed by atoms with E-state index in [9.17, 15) is 19.2 Å². The number of carbonyl (C=O) groups is 4. The quantitative estimate of drug-likeness (QED) is 0.543. The van der Waals surface area contributed by atoms with Gasteiger partial charge in [-0.2, -0.15) is 0 Å². The van der Waals surface area contributed by atoms with Gasteiger partial charge in [0.1, 0.15) is 11.6 Å². The first-order chi connectivity index (χ1) is 15.2. The standard InChI is InChI=1S/C28H28O4/c1-17(29)5-7-21-9-13-23(14-10-21)27-25(19(3)31)28(26(27)20(4)32)24-15-11-22(12-16-24)8-6-18(2)30/h5-16,25-28H,1-4H3/b7-5+,8-6+. The predicted molar refractivity (Wildman–Crippen MR) is 126 cm³/mol. The van der Waals surface area contributed by atoms with Gasteiger partial charge in [-0.05, 0) is 62.1 Å². The lowest BCUT2D eigenvalue weighted by molar-refractivity contribution is -0.135. The zero-order valence-corrected chi connectivity index (χ0v) is 18.9. The van der Waals surface area contributed by atoms with E-state index < -0.39 is 0 Å². The third kappa shape index (κ3) is 5.08. The molecule has 0 aliphatic heterocycles. The first-order valence-electron chi connectivity index (χ1n) is 10.8. The van der Waals surface area contributed by atoms with Gasteiger partial charge < -0.3 is 0 Å². The van der Waals surface area contributed by atoms with Gasteiger partial charge in [-0.25, -0.2) is 0 Å². The van der Waals surface area contributed by atoms with Crippen LogP contribution < -0.4 is 0 Å². The molecule has 0 radical (unpaired) electrons. The van der Waals surface area contributed by atoms with Crippen molar-refractivity contribution in [3.05, 3.63) is 82.9 Å². The lowest BCUT2D eigenvalue weighted by atomic mass is 9.50. The van der Waals surface area contributed by atoms with Crippen molar-refractivity contribution in [2.75, 3.05) is 0 Å². The molecule has 1 saturated carbocycles. The zero-order chi connectivity index (χ0) is 23.4. The van der Waals surface area contributed by atoms with E-state index in [1.165, 1.54) is 26.0 Å². The van der Waals surface area contributed by atoms with Gasteiger partial charge in [-0.1, -0.05) is 60.7 Å². The second-order valence-corrected chi connectivity index (χ2v) is 8.55. The highest BCUT2D eigenvalue weighted by molar-refractivity contribution is 5.92. The second kappa shape index (κ2) is 9.82. The summed E-state index contributed by atoms with van der Waals surface area (Å²) in [7, 11) is 0. The Labute approximate surface area is 189 Å². The van der Waals surface area contributed by atoms with Crippen LogP contribution in [0.2, 0.25) is 0 Å². The zero-order valence-electron chi connectivity index (χ0n) is 18.9. The van der Waals surface area contributed by atoms with Gasteiger partial charge in [0.2, 0.25) is 0 Å². The molecule has 1 aliphatic carbocycles. The van der Waals surface area contributed by atoms with E-state index in [4.69, 9.17) is 0 Å². The summed E-state index contributed by atoms with van der Waals surface area (Å²) in [6.07, 6.45) is 6.53. The van der Waals surface area contributed by atoms with E-state index in [1.54, 1.807) is 26.0 Å². The van der Waals surface area contributed by atoms with Crippen LogP contribution in [0.1, 0.15) is 61.8 Å². The number of benzene rings is 2. The summed E-state index contributed by atoms with van der Waals surface area (Å²) < 4.78 is 0. The lowest BCUT2D eigenvalue weighted by Crippen LogP contribution is -2.49. The van der Waals surface area contributed by atoms with Gasteiger partial charge in [0, 0.05) is 23.7 Å². The highest BCUT2D eigenvalue weighted by Crippen LogP contribution is 2.58. The highest BCUT2D eigenvalue weighted by atomic mass is 16.1. The van der Waals surface area contributed by atoms with E-state index in [2.05, 4.69) is 0 Å². The molecule has 0 unspecified atom stereocenters. The van der Waals surface area contributed by atoms with Crippen LogP contribution in [0.15, 0.2) is 60.7 Å². The van der Waals surface area contributed by atoms with E-state index in [0.29, 0.717) is 0 Å². The number of rotatable bonds is 8. The molecule has 0 amide bonds. The minimum absolute atomic E-state index is 0.0213. The average Bonchev–Trinajstić information content (AvgIpc) is 2.71. The molecule has 1 aliphatic rings. The number of hydrogen-bond acceptors (Lipinski definition) is 4. The van der Waals surface area contributed by atoms with Crippen molar-refractivity contribution in [3.8, 4) is 0 Å². The number of carbonyl (C=O) groups excluding carboxylic acids is 4. The van der Waals surface area contributed by atoms with E-state index >= 15 is 0 Å². The van der Waals surface area contributed by atoms with E-state index in [-0.39, 0.29) is 46.8 Å². The summed E-state index contributed by atoms with van der Waals surface area (Å²) in [4.78, 5) is 47.6. The molecule has 2 aromatic carbocycles. The van der Waals surface area contributed by atoms with E-state index in [0.717, 1.165) is 22.3 Å².